The van der Waals surface area contributed by atoms with Gasteiger partial charge in [-0.1, -0.05) is 0 Å². The first-order valence-corrected chi connectivity index (χ1v) is 8.71. The summed E-state index contributed by atoms with van der Waals surface area (Å²) in [5.41, 5.74) is 5.50. The standard InChI is InChI=1S/C10H24ClNO2Si/c1-4-13-15(3,9-5-7-11)14-10(2)6-8-12/h10H,4-9,12H2,1-3H3. The van der Waals surface area contributed by atoms with Crippen LogP contribution >= 0.6 is 11.6 Å². The maximum absolute atomic E-state index is 6.00. The van der Waals surface area contributed by atoms with Gasteiger partial charge >= 0.3 is 8.56 Å². The Labute approximate surface area is 99.5 Å². The molecule has 3 nitrogen and oxygen atoms in total. The van der Waals surface area contributed by atoms with Gasteiger partial charge in [0.15, 0.2) is 0 Å². The molecule has 0 aromatic carbocycles. The van der Waals surface area contributed by atoms with Crippen molar-refractivity contribution < 1.29 is 8.85 Å². The molecule has 0 saturated heterocycles. The summed E-state index contributed by atoms with van der Waals surface area (Å²) in [4.78, 5) is 0. The number of rotatable bonds is 9. The van der Waals surface area contributed by atoms with Gasteiger partial charge in [-0.3, -0.25) is 0 Å². The molecular formula is C10H24ClNO2Si. The monoisotopic (exact) mass is 253 g/mol. The Hall–Kier alpha value is 0.387. The van der Waals surface area contributed by atoms with Gasteiger partial charge in [0.1, 0.15) is 0 Å². The summed E-state index contributed by atoms with van der Waals surface area (Å²) in [7, 11) is -2.01. The van der Waals surface area contributed by atoms with Crippen LogP contribution in [0.3, 0.4) is 0 Å². The van der Waals surface area contributed by atoms with Gasteiger partial charge in [0, 0.05) is 18.6 Å². The van der Waals surface area contributed by atoms with Crippen molar-refractivity contribution >= 4 is 20.2 Å². The topological polar surface area (TPSA) is 44.5 Å². The summed E-state index contributed by atoms with van der Waals surface area (Å²) >= 11 is 5.70. The van der Waals surface area contributed by atoms with Crippen molar-refractivity contribution in [2.75, 3.05) is 19.0 Å². The lowest BCUT2D eigenvalue weighted by Gasteiger charge is -2.29. The first-order valence-electron chi connectivity index (χ1n) is 5.65. The van der Waals surface area contributed by atoms with Crippen LogP contribution in [0.15, 0.2) is 0 Å². The zero-order chi connectivity index (χ0) is 11.7. The second kappa shape index (κ2) is 8.53. The molecule has 0 bridgehead atoms. The Morgan fingerprint density at radius 2 is 2.13 bits per heavy atom. The van der Waals surface area contributed by atoms with Crippen LogP contribution in [0.2, 0.25) is 12.6 Å². The van der Waals surface area contributed by atoms with Gasteiger partial charge in [0.2, 0.25) is 0 Å². The molecule has 0 aliphatic heterocycles. The van der Waals surface area contributed by atoms with Crippen molar-refractivity contribution in [3.63, 3.8) is 0 Å². The van der Waals surface area contributed by atoms with Gasteiger partial charge in [-0.25, -0.2) is 0 Å². The van der Waals surface area contributed by atoms with E-state index in [4.69, 9.17) is 26.2 Å². The highest BCUT2D eigenvalue weighted by molar-refractivity contribution is 6.66. The molecule has 0 rings (SSSR count). The molecule has 92 valence electrons. The van der Waals surface area contributed by atoms with Crippen molar-refractivity contribution in [1.29, 1.82) is 0 Å². The largest absolute Gasteiger partial charge is 0.395 e. The van der Waals surface area contributed by atoms with E-state index >= 15 is 0 Å². The second-order valence-corrected chi connectivity index (χ2v) is 7.54. The van der Waals surface area contributed by atoms with Crippen LogP contribution in [0.25, 0.3) is 0 Å². The maximum Gasteiger partial charge on any atom is 0.335 e. The molecule has 0 aliphatic rings. The molecule has 0 saturated carbocycles. The summed E-state index contributed by atoms with van der Waals surface area (Å²) in [5, 5.41) is 0. The molecule has 0 radical (unpaired) electrons. The van der Waals surface area contributed by atoms with E-state index in [1.807, 2.05) is 6.92 Å². The Balaban J connectivity index is 4.09. The summed E-state index contributed by atoms with van der Waals surface area (Å²) < 4.78 is 11.8. The minimum atomic E-state index is -2.01. The van der Waals surface area contributed by atoms with Crippen LogP contribution < -0.4 is 5.73 Å². The second-order valence-electron chi connectivity index (χ2n) is 3.87. The lowest BCUT2D eigenvalue weighted by Crippen LogP contribution is -2.42. The average molecular weight is 254 g/mol. The predicted molar refractivity (Wildman–Crippen MR) is 67.6 cm³/mol. The summed E-state index contributed by atoms with van der Waals surface area (Å²) in [6.45, 7) is 7.53. The number of alkyl halides is 1. The van der Waals surface area contributed by atoms with Gasteiger partial charge < -0.3 is 14.6 Å². The molecule has 0 aromatic heterocycles. The Bertz CT molecular complexity index is 162. The van der Waals surface area contributed by atoms with Crippen molar-refractivity contribution in [3.05, 3.63) is 0 Å². The fraction of sp³-hybridized carbons (Fsp3) is 1.00. The third-order valence-electron chi connectivity index (χ3n) is 2.24. The SMILES string of the molecule is CCO[Si](C)(CCCCl)OC(C)CCN. The summed E-state index contributed by atoms with van der Waals surface area (Å²) in [5.74, 6) is 0.671. The molecular weight excluding hydrogens is 230 g/mol. The fourth-order valence-electron chi connectivity index (χ4n) is 1.58. The molecule has 0 aliphatic carbocycles. The Morgan fingerprint density at radius 1 is 1.47 bits per heavy atom. The smallest absolute Gasteiger partial charge is 0.335 e. The van der Waals surface area contributed by atoms with E-state index in [1.54, 1.807) is 0 Å². The first-order chi connectivity index (χ1) is 7.08. The molecule has 0 aromatic rings. The van der Waals surface area contributed by atoms with E-state index in [-0.39, 0.29) is 6.10 Å². The van der Waals surface area contributed by atoms with E-state index in [9.17, 15) is 0 Å². The highest BCUT2D eigenvalue weighted by atomic mass is 35.5. The van der Waals surface area contributed by atoms with Gasteiger partial charge in [-0.05, 0) is 45.8 Å². The zero-order valence-electron chi connectivity index (χ0n) is 10.1. The highest BCUT2D eigenvalue weighted by Crippen LogP contribution is 2.19. The predicted octanol–water partition coefficient (Wildman–Crippen LogP) is 2.48. The minimum Gasteiger partial charge on any atom is -0.395 e. The number of hydrogen-bond donors (Lipinski definition) is 1. The third-order valence-corrected chi connectivity index (χ3v) is 5.57. The van der Waals surface area contributed by atoms with Crippen molar-refractivity contribution in [3.8, 4) is 0 Å². The molecule has 15 heavy (non-hydrogen) atoms. The average Bonchev–Trinajstić information content (AvgIpc) is 2.15. The van der Waals surface area contributed by atoms with E-state index in [2.05, 4.69) is 13.5 Å². The molecule has 0 amide bonds. The van der Waals surface area contributed by atoms with E-state index < -0.39 is 8.56 Å². The van der Waals surface area contributed by atoms with Gasteiger partial charge in [-0.2, -0.15) is 0 Å². The van der Waals surface area contributed by atoms with Crippen molar-refractivity contribution in [2.24, 2.45) is 5.73 Å². The van der Waals surface area contributed by atoms with Gasteiger partial charge in [0.25, 0.3) is 0 Å². The third kappa shape index (κ3) is 7.30. The molecule has 2 atom stereocenters. The molecule has 5 heteroatoms. The van der Waals surface area contributed by atoms with E-state index in [0.29, 0.717) is 19.0 Å². The van der Waals surface area contributed by atoms with Gasteiger partial charge in [-0.15, -0.1) is 11.6 Å². The quantitative estimate of drug-likeness (QED) is 0.507. The lowest BCUT2D eigenvalue weighted by molar-refractivity contribution is 0.126. The molecule has 2 unspecified atom stereocenters. The van der Waals surface area contributed by atoms with Crippen LogP contribution in [0.4, 0.5) is 0 Å². The lowest BCUT2D eigenvalue weighted by atomic mass is 10.3. The van der Waals surface area contributed by atoms with Crippen LogP contribution in [-0.4, -0.2) is 33.7 Å². The fourth-order valence-corrected chi connectivity index (χ4v) is 4.66. The Kier molecular flexibility index (Phi) is 8.75. The zero-order valence-corrected chi connectivity index (χ0v) is 11.8. The number of halogens is 1. The molecule has 0 spiro atoms. The summed E-state index contributed by atoms with van der Waals surface area (Å²) in [6.07, 6.45) is 2.03. The van der Waals surface area contributed by atoms with E-state index in [1.165, 1.54) is 0 Å². The van der Waals surface area contributed by atoms with Crippen molar-refractivity contribution in [2.45, 2.75) is 45.4 Å². The maximum atomic E-state index is 6.00. The summed E-state index contributed by atoms with van der Waals surface area (Å²) in [6, 6.07) is 0.958. The van der Waals surface area contributed by atoms with Crippen molar-refractivity contribution in [1.82, 2.24) is 0 Å². The Morgan fingerprint density at radius 3 is 2.60 bits per heavy atom. The molecule has 0 heterocycles. The van der Waals surface area contributed by atoms with E-state index in [0.717, 1.165) is 18.9 Å². The minimum absolute atomic E-state index is 0.188. The molecule has 2 N–H and O–H groups in total. The highest BCUT2D eigenvalue weighted by Gasteiger charge is 2.32. The number of nitrogens with two attached hydrogens (primary N) is 1. The van der Waals surface area contributed by atoms with Crippen LogP contribution in [0.1, 0.15) is 26.7 Å². The van der Waals surface area contributed by atoms with Crippen LogP contribution in [0, 0.1) is 0 Å². The van der Waals surface area contributed by atoms with Crippen LogP contribution in [0.5, 0.6) is 0 Å². The normalized spacial score (nSPS) is 17.4. The number of hydrogen-bond acceptors (Lipinski definition) is 3. The van der Waals surface area contributed by atoms with Gasteiger partial charge in [0.05, 0.1) is 0 Å². The molecule has 0 fully saturated rings. The van der Waals surface area contributed by atoms with Crippen LogP contribution in [-0.2, 0) is 8.85 Å². The first kappa shape index (κ1) is 15.4.